The zero-order valence-corrected chi connectivity index (χ0v) is 16.1. The van der Waals surface area contributed by atoms with Gasteiger partial charge in [-0.1, -0.05) is 23.7 Å². The van der Waals surface area contributed by atoms with Gasteiger partial charge in [0.15, 0.2) is 9.84 Å². The van der Waals surface area contributed by atoms with Gasteiger partial charge in [0.1, 0.15) is 5.75 Å². The fourth-order valence-corrected chi connectivity index (χ4v) is 3.22. The van der Waals surface area contributed by atoms with Crippen LogP contribution in [0.15, 0.2) is 47.4 Å². The van der Waals surface area contributed by atoms with Crippen LogP contribution < -0.4 is 4.74 Å². The van der Waals surface area contributed by atoms with E-state index in [1.165, 1.54) is 23.1 Å². The van der Waals surface area contributed by atoms with Gasteiger partial charge in [0.05, 0.1) is 28.6 Å². The summed E-state index contributed by atoms with van der Waals surface area (Å²) >= 11 is 6.12. The van der Waals surface area contributed by atoms with Gasteiger partial charge in [0, 0.05) is 13.3 Å². The summed E-state index contributed by atoms with van der Waals surface area (Å²) in [6, 6.07) is 11.3. The summed E-state index contributed by atoms with van der Waals surface area (Å²) in [5, 5.41) is 0.214. The lowest BCUT2D eigenvalue weighted by molar-refractivity contribution is 0.0742. The molecule has 25 heavy (non-hydrogen) atoms. The van der Waals surface area contributed by atoms with E-state index in [2.05, 4.69) is 0 Å². The van der Waals surface area contributed by atoms with Gasteiger partial charge in [-0.15, -0.1) is 0 Å². The van der Waals surface area contributed by atoms with Crippen molar-refractivity contribution < 1.29 is 17.9 Å². The lowest BCUT2D eigenvalue weighted by Crippen LogP contribution is -2.30. The van der Waals surface area contributed by atoms with Gasteiger partial charge in [-0.05, 0) is 42.8 Å². The Morgan fingerprint density at radius 3 is 2.28 bits per heavy atom. The minimum atomic E-state index is -3.42. The number of amides is 1. The number of nitrogens with zero attached hydrogens (tertiary/aromatic N) is 1. The average molecular weight is 382 g/mol. The van der Waals surface area contributed by atoms with Crippen LogP contribution in [0.1, 0.15) is 28.9 Å². The summed E-state index contributed by atoms with van der Waals surface area (Å²) in [7, 11) is -0.183. The molecule has 0 fully saturated rings. The first-order valence-electron chi connectivity index (χ1n) is 7.56. The molecule has 1 unspecified atom stereocenters. The molecule has 0 bridgehead atoms. The molecule has 1 amide bonds. The number of benzene rings is 2. The average Bonchev–Trinajstić information content (AvgIpc) is 2.59. The van der Waals surface area contributed by atoms with Gasteiger partial charge in [0.25, 0.3) is 5.91 Å². The highest BCUT2D eigenvalue weighted by atomic mass is 35.5. The molecule has 2 aromatic carbocycles. The Morgan fingerprint density at radius 2 is 1.76 bits per heavy atom. The quantitative estimate of drug-likeness (QED) is 0.794. The standard InChI is InChI=1S/C18H20ClNO4S/c1-12(13-5-7-14(24-3)8-6-13)20(2)18(21)16-11-15(25(4,22)23)9-10-17(16)19/h5-12H,1-4H3. The monoisotopic (exact) mass is 381 g/mol. The molecule has 0 N–H and O–H groups in total. The van der Waals surface area contributed by atoms with Crippen molar-refractivity contribution in [2.24, 2.45) is 0 Å². The molecular formula is C18H20ClNO4S. The highest BCUT2D eigenvalue weighted by Gasteiger charge is 2.22. The summed E-state index contributed by atoms with van der Waals surface area (Å²) < 4.78 is 28.6. The minimum Gasteiger partial charge on any atom is -0.497 e. The number of hydrogen-bond acceptors (Lipinski definition) is 4. The Balaban J connectivity index is 2.32. The van der Waals surface area contributed by atoms with Crippen LogP contribution in [-0.4, -0.2) is 39.6 Å². The third-order valence-electron chi connectivity index (χ3n) is 4.10. The second-order valence-corrected chi connectivity index (χ2v) is 8.20. The third kappa shape index (κ3) is 4.32. The predicted molar refractivity (Wildman–Crippen MR) is 98.1 cm³/mol. The molecule has 5 nitrogen and oxygen atoms in total. The van der Waals surface area contributed by atoms with E-state index in [1.54, 1.807) is 14.2 Å². The number of ether oxygens (including phenoxy) is 1. The second kappa shape index (κ2) is 7.45. The van der Waals surface area contributed by atoms with Crippen molar-refractivity contribution in [3.63, 3.8) is 0 Å². The van der Waals surface area contributed by atoms with Gasteiger partial charge in [-0.25, -0.2) is 8.42 Å². The molecule has 0 radical (unpaired) electrons. The van der Waals surface area contributed by atoms with Gasteiger partial charge in [-0.2, -0.15) is 0 Å². The molecule has 0 saturated carbocycles. The highest BCUT2D eigenvalue weighted by molar-refractivity contribution is 7.90. The van der Waals surface area contributed by atoms with E-state index in [1.807, 2.05) is 31.2 Å². The topological polar surface area (TPSA) is 63.7 Å². The van der Waals surface area contributed by atoms with Crippen LogP contribution in [0.25, 0.3) is 0 Å². The number of methoxy groups -OCH3 is 1. The van der Waals surface area contributed by atoms with Crippen LogP contribution in [0.5, 0.6) is 5.75 Å². The molecule has 0 aliphatic rings. The molecule has 2 aromatic rings. The predicted octanol–water partition coefficient (Wildman–Crippen LogP) is 3.59. The number of halogens is 1. The van der Waals surface area contributed by atoms with Crippen molar-refractivity contribution in [3.8, 4) is 5.75 Å². The highest BCUT2D eigenvalue weighted by Crippen LogP contribution is 2.26. The molecule has 0 aliphatic carbocycles. The summed E-state index contributed by atoms with van der Waals surface area (Å²) in [5.74, 6) is 0.382. The van der Waals surface area contributed by atoms with Gasteiger partial charge < -0.3 is 9.64 Å². The molecule has 0 saturated heterocycles. The Bertz CT molecular complexity index is 878. The molecule has 0 aromatic heterocycles. The maximum atomic E-state index is 12.8. The Hall–Kier alpha value is -2.05. The van der Waals surface area contributed by atoms with E-state index in [-0.39, 0.29) is 27.4 Å². The van der Waals surface area contributed by atoms with Crippen LogP contribution in [0, 0.1) is 0 Å². The minimum absolute atomic E-state index is 0.0609. The number of sulfone groups is 1. The van der Waals surface area contributed by atoms with E-state index in [4.69, 9.17) is 16.3 Å². The first-order chi connectivity index (χ1) is 11.6. The second-order valence-electron chi connectivity index (χ2n) is 5.78. The summed E-state index contributed by atoms with van der Waals surface area (Å²) in [4.78, 5) is 14.4. The molecular weight excluding hydrogens is 362 g/mol. The molecule has 0 spiro atoms. The summed E-state index contributed by atoms with van der Waals surface area (Å²) in [5.41, 5.74) is 1.08. The number of carbonyl (C=O) groups is 1. The van der Waals surface area contributed by atoms with Crippen molar-refractivity contribution in [1.82, 2.24) is 4.90 Å². The zero-order chi connectivity index (χ0) is 18.8. The molecule has 7 heteroatoms. The van der Waals surface area contributed by atoms with E-state index < -0.39 is 9.84 Å². The van der Waals surface area contributed by atoms with Gasteiger partial charge in [-0.3, -0.25) is 4.79 Å². The first-order valence-corrected chi connectivity index (χ1v) is 9.83. The fourth-order valence-electron chi connectivity index (χ4n) is 2.37. The van der Waals surface area contributed by atoms with Crippen molar-refractivity contribution in [2.75, 3.05) is 20.4 Å². The third-order valence-corrected chi connectivity index (χ3v) is 5.54. The van der Waals surface area contributed by atoms with Crippen LogP contribution in [0.3, 0.4) is 0 Å². The van der Waals surface area contributed by atoms with E-state index in [0.717, 1.165) is 17.6 Å². The molecule has 134 valence electrons. The largest absolute Gasteiger partial charge is 0.497 e. The van der Waals surface area contributed by atoms with Crippen LogP contribution in [-0.2, 0) is 9.84 Å². The Morgan fingerprint density at radius 1 is 1.16 bits per heavy atom. The zero-order valence-electron chi connectivity index (χ0n) is 14.5. The Labute approximate surface area is 153 Å². The molecule has 1 atom stereocenters. The molecule has 0 heterocycles. The van der Waals surface area contributed by atoms with Crippen LogP contribution >= 0.6 is 11.6 Å². The molecule has 2 rings (SSSR count). The number of carbonyl (C=O) groups excluding carboxylic acids is 1. The van der Waals surface area contributed by atoms with E-state index in [9.17, 15) is 13.2 Å². The fraction of sp³-hybridized carbons (Fsp3) is 0.278. The maximum absolute atomic E-state index is 12.8. The Kier molecular flexibility index (Phi) is 5.75. The summed E-state index contributed by atoms with van der Waals surface area (Å²) in [6.07, 6.45) is 1.09. The van der Waals surface area contributed by atoms with Crippen molar-refractivity contribution in [2.45, 2.75) is 17.9 Å². The van der Waals surface area contributed by atoms with Crippen LogP contribution in [0.4, 0.5) is 0 Å². The number of hydrogen-bond donors (Lipinski definition) is 0. The van der Waals surface area contributed by atoms with Crippen molar-refractivity contribution in [1.29, 1.82) is 0 Å². The van der Waals surface area contributed by atoms with Crippen LogP contribution in [0.2, 0.25) is 5.02 Å². The maximum Gasteiger partial charge on any atom is 0.255 e. The smallest absolute Gasteiger partial charge is 0.255 e. The van der Waals surface area contributed by atoms with Gasteiger partial charge >= 0.3 is 0 Å². The van der Waals surface area contributed by atoms with Crippen molar-refractivity contribution in [3.05, 3.63) is 58.6 Å². The lowest BCUT2D eigenvalue weighted by Gasteiger charge is -2.26. The normalized spacial score (nSPS) is 12.5. The SMILES string of the molecule is COc1ccc(C(C)N(C)C(=O)c2cc(S(C)(=O)=O)ccc2Cl)cc1. The number of rotatable bonds is 5. The lowest BCUT2D eigenvalue weighted by atomic mass is 10.1. The summed E-state index contributed by atoms with van der Waals surface area (Å²) in [6.45, 7) is 1.88. The van der Waals surface area contributed by atoms with E-state index >= 15 is 0 Å². The van der Waals surface area contributed by atoms with Crippen molar-refractivity contribution >= 4 is 27.3 Å². The van der Waals surface area contributed by atoms with Gasteiger partial charge in [0.2, 0.25) is 0 Å². The molecule has 0 aliphatic heterocycles. The van der Waals surface area contributed by atoms with E-state index in [0.29, 0.717) is 0 Å². The first kappa shape index (κ1) is 19.3.